The van der Waals surface area contributed by atoms with Gasteiger partial charge in [0.05, 0.1) is 33.0 Å². The van der Waals surface area contributed by atoms with Crippen LogP contribution >= 0.6 is 0 Å². The lowest BCUT2D eigenvalue weighted by Crippen LogP contribution is -2.34. The zero-order valence-electron chi connectivity index (χ0n) is 26.4. The molecule has 4 rings (SSSR count). The van der Waals surface area contributed by atoms with Gasteiger partial charge in [0.25, 0.3) is 0 Å². The predicted molar refractivity (Wildman–Crippen MR) is 170 cm³/mol. The fraction of sp³-hybridized carbons (Fsp3) is 0.459. The molecule has 44 heavy (non-hydrogen) atoms. The fourth-order valence-electron chi connectivity index (χ4n) is 5.53. The molecule has 0 saturated carbocycles. The highest BCUT2D eigenvalue weighted by Crippen LogP contribution is 2.30. The number of fused-ring (bicyclic) bond motifs is 2. The summed E-state index contributed by atoms with van der Waals surface area (Å²) in [6, 6.07) is 17.8. The van der Waals surface area contributed by atoms with Crippen LogP contribution in [0, 0.1) is 17.8 Å². The van der Waals surface area contributed by atoms with Crippen molar-refractivity contribution in [1.82, 2.24) is 0 Å². The summed E-state index contributed by atoms with van der Waals surface area (Å²) < 4.78 is 29.6. The van der Waals surface area contributed by atoms with Crippen LogP contribution < -0.4 is 4.74 Å². The number of rotatable bonds is 9. The van der Waals surface area contributed by atoms with Gasteiger partial charge in [-0.3, -0.25) is 4.79 Å². The summed E-state index contributed by atoms with van der Waals surface area (Å²) in [7, 11) is 1.64. The largest absolute Gasteiger partial charge is 0.497 e. The van der Waals surface area contributed by atoms with Crippen molar-refractivity contribution in [2.45, 2.75) is 78.0 Å². The molecule has 236 valence electrons. The van der Waals surface area contributed by atoms with Crippen LogP contribution in [-0.2, 0) is 41.8 Å². The number of cyclic esters (lactones) is 1. The van der Waals surface area contributed by atoms with Gasteiger partial charge in [-0.1, -0.05) is 80.6 Å². The number of carbonyl (C=O) groups is 2. The molecule has 7 heteroatoms. The summed E-state index contributed by atoms with van der Waals surface area (Å²) in [5.41, 5.74) is 3.10. The highest BCUT2D eigenvalue weighted by atomic mass is 16.6. The number of allylic oxidation sites excluding steroid dienone is 3. The molecule has 0 radical (unpaired) electrons. The molecule has 2 aliphatic heterocycles. The zero-order chi connectivity index (χ0) is 31.3. The van der Waals surface area contributed by atoms with Crippen molar-refractivity contribution in [1.29, 1.82) is 0 Å². The normalized spacial score (nSPS) is 28.1. The molecular weight excluding hydrogens is 556 g/mol. The van der Waals surface area contributed by atoms with E-state index in [9.17, 15) is 9.59 Å². The van der Waals surface area contributed by atoms with Crippen LogP contribution in [0.4, 0.5) is 0 Å². The third kappa shape index (κ3) is 10.5. The van der Waals surface area contributed by atoms with E-state index in [4.69, 9.17) is 23.7 Å². The minimum atomic E-state index is -0.447. The smallest absolute Gasteiger partial charge is 0.330 e. The molecule has 0 N–H and O–H groups in total. The summed E-state index contributed by atoms with van der Waals surface area (Å²) in [5.74, 6) is 0.291. The van der Waals surface area contributed by atoms with Crippen molar-refractivity contribution in [3.05, 3.63) is 102 Å². The molecule has 2 aromatic rings. The van der Waals surface area contributed by atoms with E-state index < -0.39 is 12.1 Å². The van der Waals surface area contributed by atoms with Gasteiger partial charge in [0.2, 0.25) is 0 Å². The van der Waals surface area contributed by atoms with Crippen molar-refractivity contribution in [2.24, 2.45) is 17.8 Å². The zero-order valence-corrected chi connectivity index (χ0v) is 26.4. The van der Waals surface area contributed by atoms with Gasteiger partial charge < -0.3 is 23.7 Å². The van der Waals surface area contributed by atoms with Gasteiger partial charge in [0.1, 0.15) is 18.0 Å². The monoisotopic (exact) mass is 602 g/mol. The third-order valence-corrected chi connectivity index (χ3v) is 8.35. The lowest BCUT2D eigenvalue weighted by atomic mass is 9.87. The van der Waals surface area contributed by atoms with E-state index in [0.29, 0.717) is 39.1 Å². The number of carbonyl (C=O) groups excluding carboxylic acids is 2. The van der Waals surface area contributed by atoms with E-state index >= 15 is 0 Å². The number of ether oxygens (including phenoxy) is 5. The van der Waals surface area contributed by atoms with Crippen molar-refractivity contribution >= 4 is 11.9 Å². The van der Waals surface area contributed by atoms with Crippen LogP contribution in [0.25, 0.3) is 0 Å². The van der Waals surface area contributed by atoms with Crippen molar-refractivity contribution < 1.29 is 33.3 Å². The molecule has 0 amide bonds. The molecule has 1 fully saturated rings. The average Bonchev–Trinajstić information content (AvgIpc) is 3.02. The second-order valence-electron chi connectivity index (χ2n) is 12.0. The number of methoxy groups -OCH3 is 1. The van der Waals surface area contributed by atoms with Gasteiger partial charge >= 0.3 is 11.9 Å². The quantitative estimate of drug-likeness (QED) is 0.282. The first kappa shape index (κ1) is 33.2. The van der Waals surface area contributed by atoms with E-state index in [2.05, 4.69) is 13.0 Å². The van der Waals surface area contributed by atoms with Gasteiger partial charge in [-0.05, 0) is 54.5 Å². The van der Waals surface area contributed by atoms with Crippen molar-refractivity contribution in [2.75, 3.05) is 13.7 Å². The molecular formula is C37H46O7. The molecule has 2 bridgehead atoms. The third-order valence-electron chi connectivity index (χ3n) is 8.35. The average molecular weight is 603 g/mol. The fourth-order valence-corrected chi connectivity index (χ4v) is 5.53. The van der Waals surface area contributed by atoms with Crippen molar-refractivity contribution in [3.8, 4) is 5.75 Å². The standard InChI is InChI=1S/C37H46O7/c1-26-10-8-11-27(2)34-20-31(21-37(39)44-34)14-9-15-36(38)43-35(28(3)23-41-24-29-12-6-5-7-13-29)22-33(26)42-25-30-16-18-32(40-4)19-17-30/h5-13,15-19,27-28,31,33-35H,14,20-25H2,1-4H3/b11-8+,15-9+,26-10+/t27-,28-,31?,33+,34-,35+/m1/s1. The Balaban J connectivity index is 1.55. The lowest BCUT2D eigenvalue weighted by Gasteiger charge is -2.31. The minimum Gasteiger partial charge on any atom is -0.497 e. The molecule has 7 nitrogen and oxygen atoms in total. The molecule has 1 unspecified atom stereocenters. The summed E-state index contributed by atoms with van der Waals surface area (Å²) in [5, 5.41) is 0. The Morgan fingerprint density at radius 2 is 1.70 bits per heavy atom. The molecule has 2 aromatic carbocycles. The number of benzene rings is 2. The number of hydrogen-bond donors (Lipinski definition) is 0. The van der Waals surface area contributed by atoms with E-state index in [1.54, 1.807) is 7.11 Å². The van der Waals surface area contributed by atoms with Crippen LogP contribution in [0.2, 0.25) is 0 Å². The second kappa shape index (κ2) is 17.0. The number of esters is 2. The molecule has 0 aliphatic carbocycles. The van der Waals surface area contributed by atoms with Crippen LogP contribution in [0.3, 0.4) is 0 Å². The van der Waals surface area contributed by atoms with Crippen LogP contribution in [-0.4, -0.2) is 44.0 Å². The molecule has 0 aromatic heterocycles. The Kier molecular flexibility index (Phi) is 12.8. The van der Waals surface area contributed by atoms with Crippen LogP contribution in [0.1, 0.15) is 57.6 Å². The maximum atomic E-state index is 13.1. The van der Waals surface area contributed by atoms with Gasteiger partial charge in [-0.25, -0.2) is 4.79 Å². The first-order chi connectivity index (χ1) is 21.3. The first-order valence-corrected chi connectivity index (χ1v) is 15.6. The van der Waals surface area contributed by atoms with Gasteiger partial charge in [-0.2, -0.15) is 0 Å². The lowest BCUT2D eigenvalue weighted by molar-refractivity contribution is -0.158. The Hall–Kier alpha value is -3.68. The molecule has 2 aliphatic rings. The topological polar surface area (TPSA) is 80.3 Å². The maximum Gasteiger partial charge on any atom is 0.330 e. The van der Waals surface area contributed by atoms with Crippen LogP contribution in [0.5, 0.6) is 5.75 Å². The van der Waals surface area contributed by atoms with E-state index in [1.165, 1.54) is 6.08 Å². The number of hydrogen-bond acceptors (Lipinski definition) is 7. The summed E-state index contributed by atoms with van der Waals surface area (Å²) in [4.78, 5) is 25.4. The highest BCUT2D eigenvalue weighted by Gasteiger charge is 2.31. The summed E-state index contributed by atoms with van der Waals surface area (Å²) in [6.45, 7) is 7.44. The van der Waals surface area contributed by atoms with E-state index in [0.717, 1.165) is 28.9 Å². The van der Waals surface area contributed by atoms with Crippen LogP contribution in [0.15, 0.2) is 90.6 Å². The predicted octanol–water partition coefficient (Wildman–Crippen LogP) is 7.16. The Labute approximate surface area is 261 Å². The highest BCUT2D eigenvalue weighted by molar-refractivity contribution is 5.82. The first-order valence-electron chi connectivity index (χ1n) is 15.6. The van der Waals surface area contributed by atoms with Crippen molar-refractivity contribution in [3.63, 3.8) is 0 Å². The summed E-state index contributed by atoms with van der Waals surface area (Å²) in [6.07, 6.45) is 10.7. The van der Waals surface area contributed by atoms with Gasteiger partial charge in [0, 0.05) is 30.8 Å². The molecule has 6 atom stereocenters. The van der Waals surface area contributed by atoms with E-state index in [-0.39, 0.29) is 35.9 Å². The molecule has 2 heterocycles. The SMILES string of the molecule is COc1ccc(CO[C@H]2C[C@@H]([C@H](C)COCc3ccccc3)OC(=O)/C=C/CC3CC(=O)O[C@H](C3)[C@H](C)/C=C/C=C/2C)cc1. The summed E-state index contributed by atoms with van der Waals surface area (Å²) >= 11 is 0. The molecule has 0 spiro atoms. The Morgan fingerprint density at radius 3 is 2.45 bits per heavy atom. The van der Waals surface area contributed by atoms with Gasteiger partial charge in [-0.15, -0.1) is 0 Å². The van der Waals surface area contributed by atoms with Gasteiger partial charge in [0.15, 0.2) is 0 Å². The maximum absolute atomic E-state index is 13.1. The molecule has 1 saturated heterocycles. The second-order valence-corrected chi connectivity index (χ2v) is 12.0. The van der Waals surface area contributed by atoms with E-state index in [1.807, 2.05) is 86.7 Å². The minimum absolute atomic E-state index is 0.0563. The Morgan fingerprint density at radius 1 is 0.955 bits per heavy atom. The Bertz CT molecular complexity index is 1280.